The number of allylic oxidation sites excluding steroid dienone is 7. The molecule has 0 atom stereocenters. The Morgan fingerprint density at radius 1 is 1.00 bits per heavy atom. The molecule has 12 heavy (non-hydrogen) atoms. The van der Waals surface area contributed by atoms with Crippen LogP contribution in [0.4, 0.5) is 0 Å². The molecule has 0 saturated heterocycles. The Hall–Kier alpha value is -1.30. The van der Waals surface area contributed by atoms with Gasteiger partial charge in [0, 0.05) is 0 Å². The van der Waals surface area contributed by atoms with E-state index >= 15 is 0 Å². The summed E-state index contributed by atoms with van der Waals surface area (Å²) in [5, 5.41) is 0. The third kappa shape index (κ3) is 2.75. The van der Waals surface area contributed by atoms with Crippen molar-refractivity contribution in [3.63, 3.8) is 0 Å². The van der Waals surface area contributed by atoms with Gasteiger partial charge in [-0.05, 0) is 30.6 Å². The molecule has 0 spiro atoms. The van der Waals surface area contributed by atoms with Gasteiger partial charge in [0.1, 0.15) is 0 Å². The molecule has 0 nitrogen and oxygen atoms in total. The topological polar surface area (TPSA) is 0 Å². The largest absolute Gasteiger partial charge is 0.0991 e. The maximum atomic E-state index is 3.75. The molecule has 0 saturated carbocycles. The molecule has 0 radical (unpaired) electrons. The van der Waals surface area contributed by atoms with E-state index in [-0.39, 0.29) is 0 Å². The fourth-order valence-corrected chi connectivity index (χ4v) is 1.01. The van der Waals surface area contributed by atoms with Crippen molar-refractivity contribution in [2.24, 2.45) is 0 Å². The Bertz CT molecular complexity index is 249. The lowest BCUT2D eigenvalue weighted by Crippen LogP contribution is -1.84. The first-order valence-corrected chi connectivity index (χ1v) is 3.92. The number of rotatable bonds is 4. The second-order valence-corrected chi connectivity index (χ2v) is 2.59. The lowest BCUT2D eigenvalue weighted by molar-refractivity contribution is 1.35. The molecule has 0 aromatic rings. The molecular formula is C12H16. The molecule has 0 aliphatic rings. The van der Waals surface area contributed by atoms with Crippen molar-refractivity contribution in [2.45, 2.75) is 13.8 Å². The van der Waals surface area contributed by atoms with Crippen LogP contribution in [0.5, 0.6) is 0 Å². The van der Waals surface area contributed by atoms with Crippen LogP contribution < -0.4 is 0 Å². The maximum absolute atomic E-state index is 3.75. The van der Waals surface area contributed by atoms with E-state index < -0.39 is 0 Å². The van der Waals surface area contributed by atoms with Crippen LogP contribution in [-0.2, 0) is 0 Å². The smallest absolute Gasteiger partial charge is 0.0204 e. The summed E-state index contributed by atoms with van der Waals surface area (Å²) in [7, 11) is 0. The predicted molar refractivity (Wildman–Crippen MR) is 57.0 cm³/mol. The third-order valence-electron chi connectivity index (χ3n) is 1.73. The number of hydrogen-bond acceptors (Lipinski definition) is 0. The molecule has 0 aliphatic heterocycles. The monoisotopic (exact) mass is 160 g/mol. The quantitative estimate of drug-likeness (QED) is 0.549. The Balaban J connectivity index is 5.03. The Morgan fingerprint density at radius 2 is 1.58 bits per heavy atom. The summed E-state index contributed by atoms with van der Waals surface area (Å²) in [6.45, 7) is 15.2. The van der Waals surface area contributed by atoms with Gasteiger partial charge in [-0.25, -0.2) is 0 Å². The molecule has 0 aromatic heterocycles. The minimum atomic E-state index is 1.13. The van der Waals surface area contributed by atoms with Crippen LogP contribution in [0.1, 0.15) is 13.8 Å². The molecule has 0 fully saturated rings. The highest BCUT2D eigenvalue weighted by molar-refractivity contribution is 5.45. The van der Waals surface area contributed by atoms with Crippen molar-refractivity contribution >= 4 is 0 Å². The highest BCUT2D eigenvalue weighted by atomic mass is 14.0. The molecule has 0 aromatic carbocycles. The molecule has 0 unspecified atom stereocenters. The first-order chi connectivity index (χ1) is 5.67. The van der Waals surface area contributed by atoms with Gasteiger partial charge in [-0.3, -0.25) is 0 Å². The van der Waals surface area contributed by atoms with Crippen molar-refractivity contribution < 1.29 is 0 Å². The van der Waals surface area contributed by atoms with Crippen LogP contribution in [0.2, 0.25) is 0 Å². The van der Waals surface area contributed by atoms with E-state index in [1.165, 1.54) is 0 Å². The van der Waals surface area contributed by atoms with Gasteiger partial charge in [-0.1, -0.05) is 44.0 Å². The molecule has 0 heteroatoms. The van der Waals surface area contributed by atoms with Crippen molar-refractivity contribution in [2.75, 3.05) is 0 Å². The van der Waals surface area contributed by atoms with Crippen molar-refractivity contribution in [1.82, 2.24) is 0 Å². The summed E-state index contributed by atoms with van der Waals surface area (Å²) in [6.07, 6.45) is 7.41. The van der Waals surface area contributed by atoms with Gasteiger partial charge in [0.15, 0.2) is 0 Å². The van der Waals surface area contributed by atoms with E-state index in [2.05, 4.69) is 19.7 Å². The van der Waals surface area contributed by atoms with Crippen molar-refractivity contribution in [3.05, 3.63) is 60.8 Å². The van der Waals surface area contributed by atoms with E-state index in [1.807, 2.05) is 32.1 Å². The summed E-state index contributed by atoms with van der Waals surface area (Å²) < 4.78 is 0. The summed E-state index contributed by atoms with van der Waals surface area (Å²) in [5.41, 5.74) is 3.43. The Morgan fingerprint density at radius 3 is 1.92 bits per heavy atom. The zero-order valence-corrected chi connectivity index (χ0v) is 7.93. The fourth-order valence-electron chi connectivity index (χ4n) is 1.01. The fraction of sp³-hybridized carbons (Fsp3) is 0.167. The van der Waals surface area contributed by atoms with Gasteiger partial charge < -0.3 is 0 Å². The van der Waals surface area contributed by atoms with E-state index in [1.54, 1.807) is 6.08 Å². The van der Waals surface area contributed by atoms with Crippen LogP contribution in [0.25, 0.3) is 0 Å². The third-order valence-corrected chi connectivity index (χ3v) is 1.73. The van der Waals surface area contributed by atoms with E-state index in [9.17, 15) is 0 Å². The normalized spacial score (nSPS) is 13.3. The standard InChI is InChI=1S/C12H16/c1-6-9-11(5)12(8-3)10(4)7-2/h6-9H,1-3H2,4-5H3/b11-9-,12-10+. The highest BCUT2D eigenvalue weighted by Crippen LogP contribution is 2.15. The molecule has 64 valence electrons. The van der Waals surface area contributed by atoms with Crippen molar-refractivity contribution in [1.29, 1.82) is 0 Å². The average Bonchev–Trinajstić information content (AvgIpc) is 2.06. The summed E-state index contributed by atoms with van der Waals surface area (Å²) in [5.74, 6) is 0. The van der Waals surface area contributed by atoms with Gasteiger partial charge in [-0.2, -0.15) is 0 Å². The summed E-state index contributed by atoms with van der Waals surface area (Å²) in [6, 6.07) is 0. The molecule has 0 aliphatic carbocycles. The predicted octanol–water partition coefficient (Wildman–Crippen LogP) is 3.81. The molecular weight excluding hydrogens is 144 g/mol. The van der Waals surface area contributed by atoms with Crippen LogP contribution in [0, 0.1) is 0 Å². The first-order valence-electron chi connectivity index (χ1n) is 3.92. The lowest BCUT2D eigenvalue weighted by Gasteiger charge is -2.04. The Kier molecular flexibility index (Phi) is 4.78. The molecule has 0 amide bonds. The van der Waals surface area contributed by atoms with Crippen LogP contribution in [0.15, 0.2) is 60.8 Å². The lowest BCUT2D eigenvalue weighted by atomic mass is 10.0. The summed E-state index contributed by atoms with van der Waals surface area (Å²) in [4.78, 5) is 0. The van der Waals surface area contributed by atoms with Gasteiger partial charge in [0.25, 0.3) is 0 Å². The number of hydrogen-bond donors (Lipinski definition) is 0. The second kappa shape index (κ2) is 5.36. The summed E-state index contributed by atoms with van der Waals surface area (Å²) >= 11 is 0. The van der Waals surface area contributed by atoms with Gasteiger partial charge in [0.2, 0.25) is 0 Å². The zero-order valence-electron chi connectivity index (χ0n) is 7.93. The van der Waals surface area contributed by atoms with E-state index in [0.717, 1.165) is 16.7 Å². The van der Waals surface area contributed by atoms with Gasteiger partial charge >= 0.3 is 0 Å². The molecule has 0 N–H and O–H groups in total. The van der Waals surface area contributed by atoms with Crippen LogP contribution in [0.3, 0.4) is 0 Å². The Labute approximate surface area is 75.3 Å². The van der Waals surface area contributed by atoms with E-state index in [0.29, 0.717) is 0 Å². The minimum absolute atomic E-state index is 1.13. The minimum Gasteiger partial charge on any atom is -0.0991 e. The van der Waals surface area contributed by atoms with E-state index in [4.69, 9.17) is 0 Å². The maximum Gasteiger partial charge on any atom is -0.0204 e. The van der Waals surface area contributed by atoms with Crippen molar-refractivity contribution in [3.8, 4) is 0 Å². The first kappa shape index (κ1) is 10.7. The highest BCUT2D eigenvalue weighted by Gasteiger charge is 1.96. The van der Waals surface area contributed by atoms with Crippen LogP contribution >= 0.6 is 0 Å². The zero-order chi connectivity index (χ0) is 9.56. The molecule has 0 rings (SSSR count). The second-order valence-electron chi connectivity index (χ2n) is 2.59. The SMILES string of the molecule is C=C/C=C(C)\C(C=C)=C(/C)C=C. The van der Waals surface area contributed by atoms with Gasteiger partial charge in [0.05, 0.1) is 0 Å². The molecule has 0 heterocycles. The average molecular weight is 160 g/mol. The van der Waals surface area contributed by atoms with Gasteiger partial charge in [-0.15, -0.1) is 0 Å². The van der Waals surface area contributed by atoms with Crippen LogP contribution in [-0.4, -0.2) is 0 Å². The molecule has 0 bridgehead atoms.